The van der Waals surface area contributed by atoms with Gasteiger partial charge in [0.25, 0.3) is 0 Å². The first kappa shape index (κ1) is 11.8. The van der Waals surface area contributed by atoms with E-state index < -0.39 is 0 Å². The fraction of sp³-hybridized carbons (Fsp3) is 0.333. The van der Waals surface area contributed by atoms with Gasteiger partial charge in [0.2, 0.25) is 0 Å². The molecule has 0 fully saturated rings. The maximum atomic E-state index is 4.10. The average Bonchev–Trinajstić information content (AvgIpc) is 2.28. The van der Waals surface area contributed by atoms with Gasteiger partial charge in [-0.05, 0) is 42.9 Å². The zero-order chi connectivity index (χ0) is 11.3. The van der Waals surface area contributed by atoms with Gasteiger partial charge in [0.05, 0.1) is 0 Å². The molecule has 0 radical (unpaired) electrons. The Bertz CT molecular complexity index is 348. The summed E-state index contributed by atoms with van der Waals surface area (Å²) < 4.78 is 0. The van der Waals surface area contributed by atoms with Crippen LogP contribution in [0.1, 0.15) is 33.1 Å². The molecule has 0 aromatic heterocycles. The first-order valence-electron chi connectivity index (χ1n) is 5.59. The Labute approximate surface area is 93.4 Å². The molecule has 0 nitrogen and oxygen atoms in total. The Hall–Kier alpha value is -1.30. The molecule has 0 atom stereocenters. The SMILES string of the molecule is C=CC=C1C=C(C(=C)CC)CCC1=CC. The third-order valence-corrected chi connectivity index (χ3v) is 2.89. The van der Waals surface area contributed by atoms with Crippen LogP contribution in [-0.2, 0) is 0 Å². The van der Waals surface area contributed by atoms with Crippen molar-refractivity contribution in [1.82, 2.24) is 0 Å². The number of rotatable bonds is 3. The quantitative estimate of drug-likeness (QED) is 0.617. The van der Waals surface area contributed by atoms with Crippen molar-refractivity contribution in [3.05, 3.63) is 59.8 Å². The Morgan fingerprint density at radius 2 is 2.20 bits per heavy atom. The lowest BCUT2D eigenvalue weighted by atomic mass is 9.86. The summed E-state index contributed by atoms with van der Waals surface area (Å²) in [4.78, 5) is 0. The third kappa shape index (κ3) is 2.82. The highest BCUT2D eigenvalue weighted by Gasteiger charge is 2.12. The van der Waals surface area contributed by atoms with Crippen molar-refractivity contribution in [2.45, 2.75) is 33.1 Å². The van der Waals surface area contributed by atoms with E-state index in [1.807, 2.05) is 6.08 Å². The minimum atomic E-state index is 1.04. The lowest BCUT2D eigenvalue weighted by Gasteiger charge is -2.19. The van der Waals surface area contributed by atoms with Crippen molar-refractivity contribution in [1.29, 1.82) is 0 Å². The maximum absolute atomic E-state index is 4.10. The Balaban J connectivity index is 3.03. The average molecular weight is 200 g/mol. The molecule has 0 aliphatic heterocycles. The van der Waals surface area contributed by atoms with E-state index in [0.717, 1.165) is 19.3 Å². The summed E-state index contributed by atoms with van der Waals surface area (Å²) in [6.07, 6.45) is 11.7. The van der Waals surface area contributed by atoms with Crippen molar-refractivity contribution in [2.75, 3.05) is 0 Å². The zero-order valence-corrected chi connectivity index (χ0v) is 9.84. The van der Waals surface area contributed by atoms with Crippen molar-refractivity contribution < 1.29 is 0 Å². The fourth-order valence-electron chi connectivity index (χ4n) is 1.87. The second-order valence-electron chi connectivity index (χ2n) is 3.80. The van der Waals surface area contributed by atoms with Gasteiger partial charge in [-0.2, -0.15) is 0 Å². The molecule has 1 rings (SSSR count). The molecule has 15 heavy (non-hydrogen) atoms. The summed E-state index contributed by atoms with van der Waals surface area (Å²) in [6, 6.07) is 0. The molecule has 1 aliphatic rings. The molecule has 1 aliphatic carbocycles. The molecule has 0 unspecified atom stereocenters. The summed E-state index contributed by atoms with van der Waals surface area (Å²) in [5, 5.41) is 0. The van der Waals surface area contributed by atoms with Gasteiger partial charge < -0.3 is 0 Å². The van der Waals surface area contributed by atoms with Crippen molar-refractivity contribution >= 4 is 0 Å². The first-order chi connectivity index (χ1) is 7.22. The van der Waals surface area contributed by atoms with Crippen molar-refractivity contribution in [3.63, 3.8) is 0 Å². The fourth-order valence-corrected chi connectivity index (χ4v) is 1.87. The summed E-state index contributed by atoms with van der Waals surface area (Å²) in [7, 11) is 0. The number of hydrogen-bond donors (Lipinski definition) is 0. The van der Waals surface area contributed by atoms with Crippen LogP contribution in [0.4, 0.5) is 0 Å². The number of allylic oxidation sites excluding steroid dienone is 8. The van der Waals surface area contributed by atoms with Crippen LogP contribution in [0.5, 0.6) is 0 Å². The van der Waals surface area contributed by atoms with Gasteiger partial charge in [0.15, 0.2) is 0 Å². The van der Waals surface area contributed by atoms with Crippen molar-refractivity contribution in [3.8, 4) is 0 Å². The first-order valence-corrected chi connectivity index (χ1v) is 5.59. The van der Waals surface area contributed by atoms with Crippen LogP contribution < -0.4 is 0 Å². The van der Waals surface area contributed by atoms with Crippen LogP contribution in [0.15, 0.2) is 59.8 Å². The molecule has 0 amide bonds. The zero-order valence-electron chi connectivity index (χ0n) is 9.84. The van der Waals surface area contributed by atoms with Crippen LogP contribution in [0.25, 0.3) is 0 Å². The van der Waals surface area contributed by atoms with E-state index in [2.05, 4.69) is 45.2 Å². The second-order valence-corrected chi connectivity index (χ2v) is 3.80. The molecular formula is C15H20. The smallest absolute Gasteiger partial charge is 0.0225 e. The van der Waals surface area contributed by atoms with Crippen LogP contribution in [0, 0.1) is 0 Å². The molecular weight excluding hydrogens is 180 g/mol. The second kappa shape index (κ2) is 5.55. The highest BCUT2D eigenvalue weighted by atomic mass is 14.2. The van der Waals surface area contributed by atoms with Crippen LogP contribution in [0.3, 0.4) is 0 Å². The topological polar surface area (TPSA) is 0 Å². The van der Waals surface area contributed by atoms with E-state index in [1.54, 1.807) is 0 Å². The van der Waals surface area contributed by atoms with E-state index in [0.29, 0.717) is 0 Å². The third-order valence-electron chi connectivity index (χ3n) is 2.89. The monoisotopic (exact) mass is 200 g/mol. The highest BCUT2D eigenvalue weighted by molar-refractivity contribution is 5.50. The van der Waals surface area contributed by atoms with Crippen LogP contribution in [-0.4, -0.2) is 0 Å². The normalized spacial score (nSPS) is 21.6. The Morgan fingerprint density at radius 1 is 1.47 bits per heavy atom. The molecule has 0 saturated carbocycles. The van der Waals surface area contributed by atoms with E-state index in [9.17, 15) is 0 Å². The maximum Gasteiger partial charge on any atom is -0.0225 e. The predicted molar refractivity (Wildman–Crippen MR) is 68.8 cm³/mol. The van der Waals surface area contributed by atoms with Crippen molar-refractivity contribution in [2.24, 2.45) is 0 Å². The van der Waals surface area contributed by atoms with Gasteiger partial charge in [-0.15, -0.1) is 0 Å². The van der Waals surface area contributed by atoms with E-state index >= 15 is 0 Å². The largest absolute Gasteiger partial charge is 0.0990 e. The molecule has 0 heteroatoms. The van der Waals surface area contributed by atoms with Gasteiger partial charge >= 0.3 is 0 Å². The van der Waals surface area contributed by atoms with E-state index in [4.69, 9.17) is 0 Å². The molecule has 0 saturated heterocycles. The van der Waals surface area contributed by atoms with Gasteiger partial charge in [-0.1, -0.05) is 50.0 Å². The summed E-state index contributed by atoms with van der Waals surface area (Å²) in [5.74, 6) is 0. The van der Waals surface area contributed by atoms with E-state index in [-0.39, 0.29) is 0 Å². The molecule has 0 heterocycles. The molecule has 80 valence electrons. The summed E-state index contributed by atoms with van der Waals surface area (Å²) in [6.45, 7) is 12.1. The minimum absolute atomic E-state index is 1.04. The molecule has 0 N–H and O–H groups in total. The van der Waals surface area contributed by atoms with E-state index in [1.165, 1.54) is 22.3 Å². The summed E-state index contributed by atoms with van der Waals surface area (Å²) >= 11 is 0. The Morgan fingerprint density at radius 3 is 2.73 bits per heavy atom. The standard InChI is InChI=1S/C15H20/c1-5-8-15-11-14(12(4)6-2)10-9-13(15)7-3/h5,7-8,11H,1,4,6,9-10H2,2-3H3. The lowest BCUT2D eigenvalue weighted by molar-refractivity contribution is 0.894. The summed E-state index contributed by atoms with van der Waals surface area (Å²) in [5.41, 5.74) is 5.38. The van der Waals surface area contributed by atoms with Gasteiger partial charge in [-0.25, -0.2) is 0 Å². The Kier molecular flexibility index (Phi) is 4.36. The predicted octanol–water partition coefficient (Wildman–Crippen LogP) is 4.73. The van der Waals surface area contributed by atoms with Crippen LogP contribution >= 0.6 is 0 Å². The van der Waals surface area contributed by atoms with Gasteiger partial charge in [0.1, 0.15) is 0 Å². The lowest BCUT2D eigenvalue weighted by Crippen LogP contribution is -2.00. The number of hydrogen-bond acceptors (Lipinski definition) is 0. The van der Waals surface area contributed by atoms with Gasteiger partial charge in [0, 0.05) is 0 Å². The molecule has 0 aromatic rings. The van der Waals surface area contributed by atoms with Gasteiger partial charge in [-0.3, -0.25) is 0 Å². The minimum Gasteiger partial charge on any atom is -0.0990 e. The molecule has 0 spiro atoms. The molecule has 0 bridgehead atoms. The highest BCUT2D eigenvalue weighted by Crippen LogP contribution is 2.31. The molecule has 0 aromatic carbocycles. The van der Waals surface area contributed by atoms with Crippen LogP contribution in [0.2, 0.25) is 0 Å².